The summed E-state index contributed by atoms with van der Waals surface area (Å²) < 4.78 is 43.0. The number of benzene rings is 2. The van der Waals surface area contributed by atoms with Crippen molar-refractivity contribution in [1.29, 1.82) is 0 Å². The van der Waals surface area contributed by atoms with Gasteiger partial charge in [-0.15, -0.1) is 0 Å². The van der Waals surface area contributed by atoms with Crippen molar-refractivity contribution in [2.75, 3.05) is 58.6 Å². The first kappa shape index (κ1) is 23.3. The average Bonchev–Trinajstić information content (AvgIpc) is 3.30. The summed E-state index contributed by atoms with van der Waals surface area (Å²) in [6.07, 6.45) is 0. The topological polar surface area (TPSA) is 88.6 Å². The zero-order valence-corrected chi connectivity index (χ0v) is 19.9. The highest BCUT2D eigenvalue weighted by Gasteiger charge is 2.27. The quantitative estimate of drug-likeness (QED) is 0.606. The van der Waals surface area contributed by atoms with Crippen LogP contribution in [0, 0.1) is 0 Å². The fourth-order valence-corrected chi connectivity index (χ4v) is 4.82. The first-order valence-corrected chi connectivity index (χ1v) is 12.3. The molecule has 2 aromatic rings. The molecule has 0 bridgehead atoms. The summed E-state index contributed by atoms with van der Waals surface area (Å²) in [6, 6.07) is 10.4. The summed E-state index contributed by atoms with van der Waals surface area (Å²) in [6.45, 7) is 5.29. The van der Waals surface area contributed by atoms with Crippen molar-refractivity contribution in [2.45, 2.75) is 18.4 Å². The molecule has 0 atom stereocenters. The van der Waals surface area contributed by atoms with Gasteiger partial charge in [0.15, 0.2) is 11.5 Å². The van der Waals surface area contributed by atoms with E-state index in [0.717, 1.165) is 9.87 Å². The van der Waals surface area contributed by atoms with Crippen LogP contribution >= 0.6 is 0 Å². The molecular weight excluding hydrogens is 446 g/mol. The van der Waals surface area contributed by atoms with Crippen LogP contribution in [0.25, 0.3) is 0 Å². The molecule has 1 saturated heterocycles. The molecule has 0 aromatic heterocycles. The maximum Gasteiger partial charge on any atom is 0.256 e. The molecule has 1 fully saturated rings. The number of rotatable bonds is 7. The number of anilines is 1. The molecule has 0 N–H and O–H groups in total. The molecule has 2 heterocycles. The molecule has 2 aliphatic heterocycles. The normalized spacial score (nSPS) is 15.7. The van der Waals surface area contributed by atoms with Gasteiger partial charge in [0.2, 0.25) is 16.8 Å². The van der Waals surface area contributed by atoms with E-state index >= 15 is 0 Å². The maximum atomic E-state index is 13.7. The summed E-state index contributed by atoms with van der Waals surface area (Å²) in [5, 5.41) is 0. The number of amides is 1. The van der Waals surface area contributed by atoms with Crippen molar-refractivity contribution in [3.05, 3.63) is 47.5 Å². The molecule has 33 heavy (non-hydrogen) atoms. The monoisotopic (exact) mass is 475 g/mol. The van der Waals surface area contributed by atoms with Gasteiger partial charge in [-0.2, -0.15) is 0 Å². The number of sulfonamides is 1. The fourth-order valence-electron chi connectivity index (χ4n) is 3.89. The molecule has 0 radical (unpaired) electrons. The Labute approximate surface area is 194 Å². The summed E-state index contributed by atoms with van der Waals surface area (Å²) in [4.78, 5) is 17.6. The van der Waals surface area contributed by atoms with Crippen molar-refractivity contribution in [1.82, 2.24) is 9.21 Å². The lowest BCUT2D eigenvalue weighted by Crippen LogP contribution is -2.38. The second-order valence-corrected chi connectivity index (χ2v) is 10.2. The number of carbonyl (C=O) groups is 1. The van der Waals surface area contributed by atoms with Gasteiger partial charge in [-0.3, -0.25) is 4.79 Å². The third-order valence-electron chi connectivity index (χ3n) is 5.81. The maximum absolute atomic E-state index is 13.7. The SMILES string of the molecule is CCN(Cc1ccc2c(c1)OCO2)C(=O)c1cc(S(=O)(=O)N(C)C)ccc1N1CCOCC1. The lowest BCUT2D eigenvalue weighted by molar-refractivity contribution is 0.0751. The minimum atomic E-state index is -3.69. The molecule has 2 aromatic carbocycles. The van der Waals surface area contributed by atoms with Gasteiger partial charge in [-0.1, -0.05) is 6.07 Å². The van der Waals surface area contributed by atoms with Crippen LogP contribution in [0.5, 0.6) is 11.5 Å². The van der Waals surface area contributed by atoms with E-state index in [0.29, 0.717) is 62.1 Å². The molecule has 9 nitrogen and oxygen atoms in total. The minimum absolute atomic E-state index is 0.0898. The Morgan fingerprint density at radius 2 is 1.76 bits per heavy atom. The van der Waals surface area contributed by atoms with Crippen molar-refractivity contribution in [3.8, 4) is 11.5 Å². The average molecular weight is 476 g/mol. The predicted octanol–water partition coefficient (Wildman–Crippen LogP) is 2.16. The summed E-state index contributed by atoms with van der Waals surface area (Å²) in [5.74, 6) is 1.11. The van der Waals surface area contributed by atoms with Crippen molar-refractivity contribution < 1.29 is 27.4 Å². The van der Waals surface area contributed by atoms with E-state index in [2.05, 4.69) is 4.90 Å². The van der Waals surface area contributed by atoms with E-state index in [1.54, 1.807) is 17.0 Å². The van der Waals surface area contributed by atoms with Crippen LogP contribution in [-0.4, -0.2) is 77.3 Å². The third kappa shape index (κ3) is 4.78. The molecule has 0 saturated carbocycles. The van der Waals surface area contributed by atoms with Crippen molar-refractivity contribution in [2.24, 2.45) is 0 Å². The molecule has 0 unspecified atom stereocenters. The van der Waals surface area contributed by atoms with Crippen LogP contribution in [0.15, 0.2) is 41.3 Å². The number of hydrogen-bond donors (Lipinski definition) is 0. The molecule has 0 aliphatic carbocycles. The van der Waals surface area contributed by atoms with Crippen LogP contribution in [0.3, 0.4) is 0 Å². The zero-order valence-electron chi connectivity index (χ0n) is 19.1. The second-order valence-electron chi connectivity index (χ2n) is 8.07. The van der Waals surface area contributed by atoms with Gasteiger partial charge in [0.25, 0.3) is 5.91 Å². The number of hydrogen-bond acceptors (Lipinski definition) is 7. The van der Waals surface area contributed by atoms with E-state index in [-0.39, 0.29) is 17.6 Å². The van der Waals surface area contributed by atoms with Crippen LogP contribution < -0.4 is 14.4 Å². The van der Waals surface area contributed by atoms with Gasteiger partial charge < -0.3 is 24.0 Å². The summed E-state index contributed by atoms with van der Waals surface area (Å²) >= 11 is 0. The number of fused-ring (bicyclic) bond motifs is 1. The van der Waals surface area contributed by atoms with E-state index < -0.39 is 10.0 Å². The molecule has 2 aliphatic rings. The van der Waals surface area contributed by atoms with Crippen molar-refractivity contribution >= 4 is 21.6 Å². The number of ether oxygens (including phenoxy) is 3. The van der Waals surface area contributed by atoms with Crippen LogP contribution in [-0.2, 0) is 21.3 Å². The van der Waals surface area contributed by atoms with Gasteiger partial charge in [0.05, 0.1) is 23.7 Å². The number of morpholine rings is 1. The largest absolute Gasteiger partial charge is 0.454 e. The first-order chi connectivity index (χ1) is 15.8. The van der Waals surface area contributed by atoms with E-state index in [1.807, 2.05) is 25.1 Å². The van der Waals surface area contributed by atoms with Crippen molar-refractivity contribution in [3.63, 3.8) is 0 Å². The Kier molecular flexibility index (Phi) is 6.78. The van der Waals surface area contributed by atoms with E-state index in [1.165, 1.54) is 20.2 Å². The summed E-state index contributed by atoms with van der Waals surface area (Å²) in [7, 11) is -0.736. The Bertz CT molecular complexity index is 1130. The molecule has 178 valence electrons. The smallest absolute Gasteiger partial charge is 0.256 e. The van der Waals surface area contributed by atoms with Crippen LogP contribution in [0.1, 0.15) is 22.8 Å². The Morgan fingerprint density at radius 3 is 2.45 bits per heavy atom. The highest BCUT2D eigenvalue weighted by molar-refractivity contribution is 7.89. The van der Waals surface area contributed by atoms with Gasteiger partial charge in [0.1, 0.15) is 0 Å². The molecule has 4 rings (SSSR count). The standard InChI is InChI=1S/C23H29N3O6S/c1-4-25(15-17-5-8-21-22(13-17)32-16-31-21)23(27)19-14-18(33(28,29)24(2)3)6-7-20(19)26-9-11-30-12-10-26/h5-8,13-14H,4,9-12,15-16H2,1-3H3. The lowest BCUT2D eigenvalue weighted by atomic mass is 10.1. The van der Waals surface area contributed by atoms with E-state index in [9.17, 15) is 13.2 Å². The molecular formula is C23H29N3O6S. The number of nitrogens with zero attached hydrogens (tertiary/aromatic N) is 3. The van der Waals surface area contributed by atoms with Gasteiger partial charge in [-0.05, 0) is 42.8 Å². The highest BCUT2D eigenvalue weighted by Crippen LogP contribution is 2.33. The van der Waals surface area contributed by atoms with Crippen LogP contribution in [0.2, 0.25) is 0 Å². The molecule has 1 amide bonds. The van der Waals surface area contributed by atoms with Gasteiger partial charge >= 0.3 is 0 Å². The predicted molar refractivity (Wildman–Crippen MR) is 123 cm³/mol. The van der Waals surface area contributed by atoms with Crippen LogP contribution in [0.4, 0.5) is 5.69 Å². The third-order valence-corrected chi connectivity index (χ3v) is 7.62. The zero-order chi connectivity index (χ0) is 23.6. The Hall–Kier alpha value is -2.82. The van der Waals surface area contributed by atoms with E-state index in [4.69, 9.17) is 14.2 Å². The second kappa shape index (κ2) is 9.58. The lowest BCUT2D eigenvalue weighted by Gasteiger charge is -2.32. The highest BCUT2D eigenvalue weighted by atomic mass is 32.2. The Morgan fingerprint density at radius 1 is 1.03 bits per heavy atom. The van der Waals surface area contributed by atoms with Gasteiger partial charge in [-0.25, -0.2) is 12.7 Å². The number of carbonyl (C=O) groups excluding carboxylic acids is 1. The molecule has 0 spiro atoms. The minimum Gasteiger partial charge on any atom is -0.454 e. The molecule has 10 heteroatoms. The van der Waals surface area contributed by atoms with Gasteiger partial charge in [0, 0.05) is 46.0 Å². The Balaban J connectivity index is 1.69. The summed E-state index contributed by atoms with van der Waals surface area (Å²) in [5.41, 5.74) is 1.98. The first-order valence-electron chi connectivity index (χ1n) is 10.9. The fraction of sp³-hybridized carbons (Fsp3) is 0.435.